The van der Waals surface area contributed by atoms with Gasteiger partial charge in [-0.15, -0.1) is 0 Å². The number of piperidine rings is 1. The van der Waals surface area contributed by atoms with E-state index in [0.29, 0.717) is 6.61 Å². The number of benzene rings is 3. The number of H-pyrrole nitrogens is 1. The maximum atomic E-state index is 9.57. The average Bonchev–Trinajstić information content (AvgIpc) is 3.51. The topological polar surface area (TPSA) is 70.6 Å². The number of aromatic amines is 1. The van der Waals surface area contributed by atoms with Crippen molar-refractivity contribution in [3.05, 3.63) is 71.8 Å². The molecule has 0 saturated carbocycles. The summed E-state index contributed by atoms with van der Waals surface area (Å²) >= 11 is 0. The molecule has 3 aromatic carbocycles. The van der Waals surface area contributed by atoms with E-state index in [1.807, 2.05) is 12.1 Å². The molecule has 6 nitrogen and oxygen atoms in total. The Balaban J connectivity index is 1.16. The predicted molar refractivity (Wildman–Crippen MR) is 151 cm³/mol. The highest BCUT2D eigenvalue weighted by atomic mass is 16.5. The van der Waals surface area contributed by atoms with Crippen molar-refractivity contribution >= 4 is 0 Å². The van der Waals surface area contributed by atoms with E-state index in [1.165, 1.54) is 37.1 Å². The van der Waals surface area contributed by atoms with Crippen LogP contribution in [0.2, 0.25) is 0 Å². The van der Waals surface area contributed by atoms with E-state index in [0.717, 1.165) is 70.4 Å². The molecular weight excluding hydrogens is 474 g/mol. The quantitative estimate of drug-likeness (QED) is 0.233. The molecule has 2 N–H and O–H groups in total. The van der Waals surface area contributed by atoms with Crippen molar-refractivity contribution in [2.24, 2.45) is 5.92 Å². The normalized spacial score (nSPS) is 15.3. The Bertz CT molecular complexity index is 1400. The van der Waals surface area contributed by atoms with Crippen molar-refractivity contribution in [2.45, 2.75) is 32.6 Å². The van der Waals surface area contributed by atoms with E-state index in [-0.39, 0.29) is 5.75 Å². The van der Waals surface area contributed by atoms with E-state index in [4.69, 9.17) is 14.6 Å². The minimum absolute atomic E-state index is 0.273. The fourth-order valence-electron chi connectivity index (χ4n) is 5.67. The number of aromatic hydroxyl groups is 1. The van der Waals surface area contributed by atoms with Gasteiger partial charge in [-0.05, 0) is 79.2 Å². The highest BCUT2D eigenvalue weighted by Crippen LogP contribution is 2.45. The van der Waals surface area contributed by atoms with Gasteiger partial charge in [0.1, 0.15) is 5.75 Å². The van der Waals surface area contributed by atoms with E-state index in [9.17, 15) is 5.11 Å². The van der Waals surface area contributed by atoms with Crippen LogP contribution >= 0.6 is 0 Å². The van der Waals surface area contributed by atoms with E-state index < -0.39 is 0 Å². The summed E-state index contributed by atoms with van der Waals surface area (Å²) in [4.78, 5) is 2.55. The highest BCUT2D eigenvalue weighted by Gasteiger charge is 2.27. The summed E-state index contributed by atoms with van der Waals surface area (Å²) in [5, 5.41) is 17.5. The number of fused-ring (bicyclic) bond motifs is 3. The van der Waals surface area contributed by atoms with E-state index in [1.54, 1.807) is 19.2 Å². The lowest BCUT2D eigenvalue weighted by Gasteiger charge is -2.30. The predicted octanol–water partition coefficient (Wildman–Crippen LogP) is 6.53. The van der Waals surface area contributed by atoms with Crippen molar-refractivity contribution in [1.82, 2.24) is 15.1 Å². The van der Waals surface area contributed by atoms with Crippen LogP contribution in [0.25, 0.3) is 33.6 Å². The van der Waals surface area contributed by atoms with Crippen molar-refractivity contribution in [3.63, 3.8) is 0 Å². The average molecular weight is 510 g/mol. The fourth-order valence-corrected chi connectivity index (χ4v) is 5.67. The molecule has 1 aliphatic heterocycles. The molecule has 1 fully saturated rings. The second-order valence-corrected chi connectivity index (χ2v) is 10.6. The number of phenolic OH excluding ortho intramolecular Hbond substituents is 1. The SMILES string of the molecule is COc1cc2c(cc1OCCCN1CCC(C)CC1)-c1[nH]nc(-c3ccc(-c4ccc(O)cc4)cc3)c1C2. The number of rotatable bonds is 8. The van der Waals surface area contributed by atoms with Crippen LogP contribution in [0.1, 0.15) is 37.3 Å². The first kappa shape index (κ1) is 24.6. The van der Waals surface area contributed by atoms with Gasteiger partial charge < -0.3 is 19.5 Å². The standard InChI is InChI=1S/C32H35N3O3/c1-21-12-15-35(16-13-21)14-3-17-38-30-20-27-25(19-29(30)37-2)18-28-31(33-34-32(27)28)24-6-4-22(5-7-24)23-8-10-26(36)11-9-23/h4-11,19-21,36H,3,12-18H2,1-2H3,(H,33,34). The van der Waals surface area contributed by atoms with Crippen molar-refractivity contribution < 1.29 is 14.6 Å². The molecule has 0 atom stereocenters. The van der Waals surface area contributed by atoms with Crippen LogP contribution in [0.15, 0.2) is 60.7 Å². The number of ether oxygens (including phenoxy) is 2. The van der Waals surface area contributed by atoms with Gasteiger partial charge >= 0.3 is 0 Å². The summed E-state index contributed by atoms with van der Waals surface area (Å²) in [6.45, 7) is 6.51. The number of phenols is 1. The number of hydrogen-bond acceptors (Lipinski definition) is 5. The summed E-state index contributed by atoms with van der Waals surface area (Å²) in [6, 6.07) is 19.9. The molecule has 1 aromatic heterocycles. The molecule has 38 heavy (non-hydrogen) atoms. The third kappa shape index (κ3) is 4.88. The maximum Gasteiger partial charge on any atom is 0.161 e. The van der Waals surface area contributed by atoms with Crippen molar-refractivity contribution in [2.75, 3.05) is 33.4 Å². The summed E-state index contributed by atoms with van der Waals surface area (Å²) < 4.78 is 11.9. The first-order valence-electron chi connectivity index (χ1n) is 13.6. The first-order valence-corrected chi connectivity index (χ1v) is 13.6. The van der Waals surface area contributed by atoms with Gasteiger partial charge in [-0.25, -0.2) is 0 Å². The lowest BCUT2D eigenvalue weighted by Crippen LogP contribution is -2.34. The Morgan fingerprint density at radius 2 is 1.63 bits per heavy atom. The van der Waals surface area contributed by atoms with Gasteiger partial charge in [0.2, 0.25) is 0 Å². The zero-order chi connectivity index (χ0) is 26.1. The van der Waals surface area contributed by atoms with Crippen LogP contribution in [0, 0.1) is 5.92 Å². The Morgan fingerprint density at radius 3 is 2.34 bits per heavy atom. The number of hydrogen-bond donors (Lipinski definition) is 2. The molecule has 0 unspecified atom stereocenters. The molecule has 1 saturated heterocycles. The lowest BCUT2D eigenvalue weighted by atomic mass is 9.99. The zero-order valence-corrected chi connectivity index (χ0v) is 22.2. The Kier molecular flexibility index (Phi) is 6.81. The molecule has 0 radical (unpaired) electrons. The molecule has 1 aliphatic carbocycles. The summed E-state index contributed by atoms with van der Waals surface area (Å²) in [5.74, 6) is 2.71. The van der Waals surface area contributed by atoms with Crippen LogP contribution in [0.4, 0.5) is 0 Å². The molecule has 6 rings (SSSR count). The fraction of sp³-hybridized carbons (Fsp3) is 0.344. The summed E-state index contributed by atoms with van der Waals surface area (Å²) in [7, 11) is 1.71. The number of methoxy groups -OCH3 is 1. The lowest BCUT2D eigenvalue weighted by molar-refractivity contribution is 0.176. The molecule has 2 aliphatic rings. The number of aromatic nitrogens is 2. The van der Waals surface area contributed by atoms with Gasteiger partial charge in [-0.1, -0.05) is 43.3 Å². The second kappa shape index (κ2) is 10.5. The third-order valence-corrected chi connectivity index (χ3v) is 8.00. The molecule has 2 heterocycles. The van der Waals surface area contributed by atoms with Crippen molar-refractivity contribution in [1.29, 1.82) is 0 Å². The van der Waals surface area contributed by atoms with Gasteiger partial charge in [-0.2, -0.15) is 5.10 Å². The minimum atomic E-state index is 0.273. The van der Waals surface area contributed by atoms with Gasteiger partial charge in [0, 0.05) is 29.7 Å². The number of likely N-dealkylation sites (tertiary alicyclic amines) is 1. The largest absolute Gasteiger partial charge is 0.508 e. The van der Waals surface area contributed by atoms with Gasteiger partial charge in [-0.3, -0.25) is 5.10 Å². The molecule has 0 amide bonds. The van der Waals surface area contributed by atoms with Crippen LogP contribution in [0.5, 0.6) is 17.2 Å². The Labute approximate surface area is 224 Å². The van der Waals surface area contributed by atoms with Crippen molar-refractivity contribution in [3.8, 4) is 50.9 Å². The van der Waals surface area contributed by atoms with Gasteiger partial charge in [0.25, 0.3) is 0 Å². The van der Waals surface area contributed by atoms with Crippen LogP contribution in [0.3, 0.4) is 0 Å². The number of nitrogens with one attached hydrogen (secondary N) is 1. The zero-order valence-electron chi connectivity index (χ0n) is 22.2. The van der Waals surface area contributed by atoms with Gasteiger partial charge in [0.15, 0.2) is 11.5 Å². The first-order chi connectivity index (χ1) is 18.6. The van der Waals surface area contributed by atoms with Crippen LogP contribution < -0.4 is 9.47 Å². The third-order valence-electron chi connectivity index (χ3n) is 8.00. The molecule has 196 valence electrons. The molecule has 0 bridgehead atoms. The summed E-state index contributed by atoms with van der Waals surface area (Å²) in [5.41, 5.74) is 8.86. The molecule has 4 aromatic rings. The monoisotopic (exact) mass is 509 g/mol. The Morgan fingerprint density at radius 1 is 0.947 bits per heavy atom. The second-order valence-electron chi connectivity index (χ2n) is 10.6. The molecule has 0 spiro atoms. The van der Waals surface area contributed by atoms with Gasteiger partial charge in [0.05, 0.1) is 25.1 Å². The maximum absolute atomic E-state index is 9.57. The summed E-state index contributed by atoms with van der Waals surface area (Å²) in [6.07, 6.45) is 4.42. The minimum Gasteiger partial charge on any atom is -0.508 e. The molecule has 6 heteroatoms. The highest BCUT2D eigenvalue weighted by molar-refractivity contribution is 5.83. The van der Waals surface area contributed by atoms with E-state index >= 15 is 0 Å². The molecular formula is C32H35N3O3. The van der Waals surface area contributed by atoms with Crippen LogP contribution in [-0.4, -0.2) is 53.6 Å². The van der Waals surface area contributed by atoms with E-state index in [2.05, 4.69) is 53.3 Å². The number of nitrogens with zero attached hydrogens (tertiary/aromatic N) is 2. The van der Waals surface area contributed by atoms with Crippen LogP contribution in [-0.2, 0) is 6.42 Å². The Hall–Kier alpha value is -3.77. The smallest absolute Gasteiger partial charge is 0.161 e.